The van der Waals surface area contributed by atoms with Gasteiger partial charge in [0.15, 0.2) is 0 Å². The van der Waals surface area contributed by atoms with Gasteiger partial charge in [-0.05, 0) is 18.3 Å². The molecule has 1 heterocycles. The lowest BCUT2D eigenvalue weighted by atomic mass is 9.82. The first kappa shape index (κ1) is 13.0. The van der Waals surface area contributed by atoms with Crippen molar-refractivity contribution in [3.05, 3.63) is 0 Å². The van der Waals surface area contributed by atoms with Crippen LogP contribution < -0.4 is 0 Å². The molecule has 1 saturated heterocycles. The summed E-state index contributed by atoms with van der Waals surface area (Å²) in [5.74, 6) is 0. The Morgan fingerprint density at radius 3 is 1.53 bits per heavy atom. The first-order valence-electron chi connectivity index (χ1n) is 6.80. The van der Waals surface area contributed by atoms with Crippen LogP contribution in [0, 0.1) is 5.41 Å². The topological polar surface area (TPSA) is 12.5 Å². The quantitative estimate of drug-likeness (QED) is 0.625. The Kier molecular flexibility index (Phi) is 5.11. The maximum absolute atomic E-state index is 5.28. The van der Waals surface area contributed by atoms with Gasteiger partial charge in [-0.25, -0.2) is 0 Å². The summed E-state index contributed by atoms with van der Waals surface area (Å²) >= 11 is 0. The molecule has 2 atom stereocenters. The molecule has 1 aliphatic carbocycles. The van der Waals surface area contributed by atoms with Gasteiger partial charge in [-0.1, -0.05) is 59.8 Å². The van der Waals surface area contributed by atoms with Crippen LogP contribution in [0.5, 0.6) is 0 Å². The fourth-order valence-corrected chi connectivity index (χ4v) is 2.13. The molecule has 0 bridgehead atoms. The summed E-state index contributed by atoms with van der Waals surface area (Å²) in [5.41, 5.74) is 0.625. The van der Waals surface area contributed by atoms with Crippen LogP contribution in [0.2, 0.25) is 0 Å². The van der Waals surface area contributed by atoms with E-state index in [4.69, 9.17) is 4.74 Å². The van der Waals surface area contributed by atoms with Gasteiger partial charge < -0.3 is 4.74 Å². The van der Waals surface area contributed by atoms with Crippen LogP contribution in [0.4, 0.5) is 0 Å². The van der Waals surface area contributed by atoms with E-state index in [0.717, 1.165) is 0 Å². The smallest absolute Gasteiger partial charge is 0.0841 e. The highest BCUT2D eigenvalue weighted by Gasteiger charge is 2.39. The third-order valence-electron chi connectivity index (χ3n) is 4.48. The van der Waals surface area contributed by atoms with Gasteiger partial charge in [0.25, 0.3) is 0 Å². The Labute approximate surface area is 95.6 Å². The lowest BCUT2D eigenvalue weighted by Crippen LogP contribution is -2.10. The SMILES string of the molecule is C1CCC2OC2C1.CCC(C)(CC)CC. The van der Waals surface area contributed by atoms with Gasteiger partial charge in [-0.15, -0.1) is 0 Å². The van der Waals surface area contributed by atoms with E-state index in [-0.39, 0.29) is 0 Å². The molecular formula is C14H28O. The second-order valence-electron chi connectivity index (χ2n) is 5.37. The average Bonchev–Trinajstić information content (AvgIpc) is 3.08. The van der Waals surface area contributed by atoms with E-state index in [0.29, 0.717) is 17.6 Å². The summed E-state index contributed by atoms with van der Waals surface area (Å²) in [6, 6.07) is 0. The monoisotopic (exact) mass is 212 g/mol. The fraction of sp³-hybridized carbons (Fsp3) is 1.00. The van der Waals surface area contributed by atoms with Gasteiger partial charge in [0.1, 0.15) is 0 Å². The van der Waals surface area contributed by atoms with E-state index in [2.05, 4.69) is 27.7 Å². The van der Waals surface area contributed by atoms with Gasteiger partial charge in [0.2, 0.25) is 0 Å². The highest BCUT2D eigenvalue weighted by atomic mass is 16.6. The minimum Gasteiger partial charge on any atom is -0.370 e. The molecular weight excluding hydrogens is 184 g/mol. The maximum Gasteiger partial charge on any atom is 0.0841 e. The molecule has 0 aromatic rings. The zero-order valence-corrected chi connectivity index (χ0v) is 11.0. The second-order valence-corrected chi connectivity index (χ2v) is 5.37. The molecule has 0 spiro atoms. The summed E-state index contributed by atoms with van der Waals surface area (Å²) in [6.45, 7) is 9.17. The molecule has 2 fully saturated rings. The van der Waals surface area contributed by atoms with Gasteiger partial charge >= 0.3 is 0 Å². The van der Waals surface area contributed by atoms with E-state index in [1.54, 1.807) is 0 Å². The van der Waals surface area contributed by atoms with Crippen LogP contribution >= 0.6 is 0 Å². The Morgan fingerprint density at radius 2 is 1.33 bits per heavy atom. The van der Waals surface area contributed by atoms with Gasteiger partial charge in [-0.2, -0.15) is 0 Å². The Hall–Kier alpha value is -0.0400. The van der Waals surface area contributed by atoms with Crippen LogP contribution in [-0.2, 0) is 4.74 Å². The van der Waals surface area contributed by atoms with Crippen LogP contribution in [0.1, 0.15) is 72.6 Å². The summed E-state index contributed by atoms with van der Waals surface area (Å²) < 4.78 is 5.28. The predicted molar refractivity (Wildman–Crippen MR) is 66.1 cm³/mol. The average molecular weight is 212 g/mol. The number of hydrogen-bond acceptors (Lipinski definition) is 1. The summed E-state index contributed by atoms with van der Waals surface area (Å²) in [5, 5.41) is 0. The molecule has 90 valence electrons. The zero-order valence-electron chi connectivity index (χ0n) is 11.0. The van der Waals surface area contributed by atoms with Crippen molar-refractivity contribution in [2.45, 2.75) is 84.8 Å². The Bertz CT molecular complexity index is 154. The molecule has 2 rings (SSSR count). The van der Waals surface area contributed by atoms with E-state index < -0.39 is 0 Å². The van der Waals surface area contributed by atoms with Crippen molar-refractivity contribution in [3.63, 3.8) is 0 Å². The largest absolute Gasteiger partial charge is 0.370 e. The normalized spacial score (nSPS) is 28.8. The standard InChI is InChI=1S/C8H18.C6H10O/c1-5-8(4,6-2)7-3;1-2-4-6-5(3-1)7-6/h5-7H2,1-4H3;5-6H,1-4H2. The fourth-order valence-electron chi connectivity index (χ4n) is 2.13. The lowest BCUT2D eigenvalue weighted by molar-refractivity contribution is 0.286. The molecule has 1 heteroatoms. The summed E-state index contributed by atoms with van der Waals surface area (Å²) in [6.07, 6.45) is 10.8. The molecule has 2 unspecified atom stereocenters. The van der Waals surface area contributed by atoms with Crippen molar-refractivity contribution in [2.24, 2.45) is 5.41 Å². The number of rotatable bonds is 3. The molecule has 15 heavy (non-hydrogen) atoms. The number of hydrogen-bond donors (Lipinski definition) is 0. The zero-order chi connectivity index (χ0) is 11.3. The Morgan fingerprint density at radius 1 is 0.933 bits per heavy atom. The summed E-state index contributed by atoms with van der Waals surface area (Å²) in [4.78, 5) is 0. The molecule has 0 aromatic heterocycles. The van der Waals surface area contributed by atoms with Crippen LogP contribution in [0.3, 0.4) is 0 Å². The van der Waals surface area contributed by atoms with Crippen molar-refractivity contribution in [1.29, 1.82) is 0 Å². The molecule has 2 aliphatic rings. The number of epoxide rings is 1. The van der Waals surface area contributed by atoms with Gasteiger partial charge in [-0.3, -0.25) is 0 Å². The van der Waals surface area contributed by atoms with Crippen molar-refractivity contribution in [1.82, 2.24) is 0 Å². The molecule has 0 amide bonds. The van der Waals surface area contributed by atoms with E-state index in [1.165, 1.54) is 44.9 Å². The highest BCUT2D eigenvalue weighted by molar-refractivity contribution is 4.87. The summed E-state index contributed by atoms with van der Waals surface area (Å²) in [7, 11) is 0. The number of ether oxygens (including phenoxy) is 1. The van der Waals surface area contributed by atoms with Crippen LogP contribution in [0.25, 0.3) is 0 Å². The highest BCUT2D eigenvalue weighted by Crippen LogP contribution is 2.35. The minimum absolute atomic E-state index is 0.625. The molecule has 1 aliphatic heterocycles. The second kappa shape index (κ2) is 5.89. The predicted octanol–water partition coefficient (Wildman–Crippen LogP) is 4.55. The minimum atomic E-state index is 0.625. The van der Waals surface area contributed by atoms with Crippen molar-refractivity contribution in [3.8, 4) is 0 Å². The molecule has 0 N–H and O–H groups in total. The third kappa shape index (κ3) is 4.14. The molecule has 0 radical (unpaired) electrons. The van der Waals surface area contributed by atoms with Gasteiger partial charge in [0, 0.05) is 0 Å². The first-order chi connectivity index (χ1) is 7.15. The van der Waals surface area contributed by atoms with Crippen molar-refractivity contribution >= 4 is 0 Å². The van der Waals surface area contributed by atoms with Gasteiger partial charge in [0.05, 0.1) is 12.2 Å². The molecule has 0 aromatic carbocycles. The molecule has 1 nitrogen and oxygen atoms in total. The van der Waals surface area contributed by atoms with E-state index >= 15 is 0 Å². The molecule has 1 saturated carbocycles. The van der Waals surface area contributed by atoms with E-state index in [9.17, 15) is 0 Å². The lowest BCUT2D eigenvalue weighted by Gasteiger charge is -2.23. The van der Waals surface area contributed by atoms with Crippen LogP contribution in [-0.4, -0.2) is 12.2 Å². The van der Waals surface area contributed by atoms with E-state index in [1.807, 2.05) is 0 Å². The first-order valence-corrected chi connectivity index (χ1v) is 6.80. The Balaban J connectivity index is 0.000000150. The van der Waals surface area contributed by atoms with Crippen molar-refractivity contribution in [2.75, 3.05) is 0 Å². The van der Waals surface area contributed by atoms with Crippen LogP contribution in [0.15, 0.2) is 0 Å². The maximum atomic E-state index is 5.28. The van der Waals surface area contributed by atoms with Crippen molar-refractivity contribution < 1.29 is 4.74 Å². The number of fused-ring (bicyclic) bond motifs is 1. The third-order valence-corrected chi connectivity index (χ3v) is 4.48.